The first kappa shape index (κ1) is 17.6. The fraction of sp³-hybridized carbons (Fsp3) is 0.412. The van der Waals surface area contributed by atoms with Crippen molar-refractivity contribution in [2.24, 2.45) is 0 Å². The Morgan fingerprint density at radius 2 is 2.04 bits per heavy atom. The first-order valence-electron chi connectivity index (χ1n) is 8.33. The summed E-state index contributed by atoms with van der Waals surface area (Å²) in [5, 5.41) is 0.586. The van der Waals surface area contributed by atoms with Crippen LogP contribution >= 0.6 is 0 Å². The summed E-state index contributed by atoms with van der Waals surface area (Å²) in [5.41, 5.74) is 1.26. The van der Waals surface area contributed by atoms with Crippen molar-refractivity contribution >= 4 is 27.0 Å². The number of fused-ring (bicyclic) bond motifs is 1. The molecule has 8 heteroatoms. The van der Waals surface area contributed by atoms with Gasteiger partial charge in [0.1, 0.15) is 10.5 Å². The van der Waals surface area contributed by atoms with E-state index < -0.39 is 10.0 Å². The standard InChI is InChI=1S/C17H22N4O3S/c1-3-5-13(2)17(22)20-8-10-21(11-9-20)25(23,24)15-12-19-16-14(15)6-4-7-18-16/h4-7,12H,3,8-11H2,1-2H3,(H,18,19)/b13-5-. The maximum atomic E-state index is 12.9. The number of carbonyl (C=O) groups excluding carboxylic acids is 1. The van der Waals surface area contributed by atoms with Crippen molar-refractivity contribution in [1.82, 2.24) is 19.2 Å². The third-order valence-corrected chi connectivity index (χ3v) is 6.34. The number of rotatable bonds is 4. The number of sulfonamides is 1. The van der Waals surface area contributed by atoms with E-state index in [2.05, 4.69) is 9.97 Å². The minimum absolute atomic E-state index is 0.0183. The van der Waals surface area contributed by atoms with Gasteiger partial charge in [-0.25, -0.2) is 13.4 Å². The summed E-state index contributed by atoms with van der Waals surface area (Å²) >= 11 is 0. The van der Waals surface area contributed by atoms with E-state index in [1.54, 1.807) is 30.2 Å². The van der Waals surface area contributed by atoms with Crippen LogP contribution in [0.1, 0.15) is 20.3 Å². The molecule has 2 aromatic rings. The van der Waals surface area contributed by atoms with Gasteiger partial charge in [-0.1, -0.05) is 13.0 Å². The van der Waals surface area contributed by atoms with Crippen molar-refractivity contribution < 1.29 is 13.2 Å². The molecule has 1 aliphatic rings. The molecule has 0 aliphatic carbocycles. The van der Waals surface area contributed by atoms with Crippen LogP contribution in [-0.4, -0.2) is 59.7 Å². The van der Waals surface area contributed by atoms with Crippen molar-refractivity contribution in [2.75, 3.05) is 26.2 Å². The van der Waals surface area contributed by atoms with E-state index in [9.17, 15) is 13.2 Å². The van der Waals surface area contributed by atoms with Gasteiger partial charge >= 0.3 is 0 Å². The zero-order chi connectivity index (χ0) is 18.0. The molecule has 1 N–H and O–H groups in total. The molecule has 25 heavy (non-hydrogen) atoms. The molecule has 0 atom stereocenters. The molecule has 0 spiro atoms. The van der Waals surface area contributed by atoms with Crippen LogP contribution in [0.5, 0.6) is 0 Å². The highest BCUT2D eigenvalue weighted by Crippen LogP contribution is 2.25. The molecule has 0 aromatic carbocycles. The molecule has 1 saturated heterocycles. The molecule has 0 unspecified atom stereocenters. The monoisotopic (exact) mass is 362 g/mol. The molecule has 0 radical (unpaired) electrons. The van der Waals surface area contributed by atoms with Gasteiger partial charge in [0.25, 0.3) is 0 Å². The van der Waals surface area contributed by atoms with Crippen LogP contribution in [0.2, 0.25) is 0 Å². The Morgan fingerprint density at radius 1 is 1.32 bits per heavy atom. The number of piperazine rings is 1. The lowest BCUT2D eigenvalue weighted by Crippen LogP contribution is -2.50. The van der Waals surface area contributed by atoms with Crippen LogP contribution in [0.3, 0.4) is 0 Å². The van der Waals surface area contributed by atoms with Crippen molar-refractivity contribution in [1.29, 1.82) is 0 Å². The second kappa shape index (κ2) is 6.97. The average Bonchev–Trinajstić information content (AvgIpc) is 3.06. The predicted molar refractivity (Wildman–Crippen MR) is 95.5 cm³/mol. The van der Waals surface area contributed by atoms with Crippen LogP contribution in [-0.2, 0) is 14.8 Å². The predicted octanol–water partition coefficient (Wildman–Crippen LogP) is 1.75. The summed E-state index contributed by atoms with van der Waals surface area (Å²) in [5.74, 6) is -0.0183. The molecule has 1 amide bonds. The second-order valence-electron chi connectivity index (χ2n) is 6.04. The Balaban J connectivity index is 1.76. The topological polar surface area (TPSA) is 86.4 Å². The first-order valence-corrected chi connectivity index (χ1v) is 9.77. The van der Waals surface area contributed by atoms with Gasteiger partial charge in [-0.2, -0.15) is 4.31 Å². The van der Waals surface area contributed by atoms with Gasteiger partial charge in [-0.05, 0) is 25.5 Å². The van der Waals surface area contributed by atoms with E-state index in [1.165, 1.54) is 10.5 Å². The van der Waals surface area contributed by atoms with Crippen LogP contribution in [0, 0.1) is 0 Å². The fourth-order valence-corrected chi connectivity index (χ4v) is 4.63. The van der Waals surface area contributed by atoms with Crippen molar-refractivity contribution in [3.63, 3.8) is 0 Å². The number of carbonyl (C=O) groups is 1. The molecule has 3 heterocycles. The lowest BCUT2D eigenvalue weighted by molar-refractivity contribution is -0.128. The van der Waals surface area contributed by atoms with E-state index in [-0.39, 0.29) is 10.8 Å². The van der Waals surface area contributed by atoms with E-state index in [0.29, 0.717) is 42.8 Å². The highest BCUT2D eigenvalue weighted by molar-refractivity contribution is 7.89. The Bertz CT molecular complexity index is 909. The minimum Gasteiger partial charge on any atom is -0.345 e. The summed E-state index contributed by atoms with van der Waals surface area (Å²) in [6.45, 7) is 5.16. The summed E-state index contributed by atoms with van der Waals surface area (Å²) in [4.78, 5) is 21.3. The maximum Gasteiger partial charge on any atom is 0.249 e. The smallest absolute Gasteiger partial charge is 0.249 e. The number of nitrogens with zero attached hydrogens (tertiary/aromatic N) is 3. The highest BCUT2D eigenvalue weighted by Gasteiger charge is 2.32. The molecule has 7 nitrogen and oxygen atoms in total. The number of pyridine rings is 1. The molecular formula is C17H22N4O3S. The second-order valence-corrected chi connectivity index (χ2v) is 7.95. The fourth-order valence-electron chi connectivity index (χ4n) is 3.06. The minimum atomic E-state index is -3.62. The normalized spacial score (nSPS) is 17.2. The molecule has 0 saturated carbocycles. The molecule has 134 valence electrons. The zero-order valence-corrected chi connectivity index (χ0v) is 15.2. The van der Waals surface area contributed by atoms with Gasteiger partial charge in [0.15, 0.2) is 0 Å². The number of aromatic nitrogens is 2. The molecule has 1 fully saturated rings. The molecule has 1 aliphatic heterocycles. The summed E-state index contributed by atoms with van der Waals surface area (Å²) in [6, 6.07) is 3.46. The number of amides is 1. The van der Waals surface area contributed by atoms with Gasteiger partial charge in [-0.3, -0.25) is 4.79 Å². The van der Waals surface area contributed by atoms with Crippen molar-refractivity contribution in [3.05, 3.63) is 36.2 Å². The Morgan fingerprint density at radius 3 is 2.72 bits per heavy atom. The van der Waals surface area contributed by atoms with Gasteiger partial charge in [-0.15, -0.1) is 0 Å². The number of aromatic amines is 1. The van der Waals surface area contributed by atoms with Gasteiger partial charge in [0.2, 0.25) is 15.9 Å². The van der Waals surface area contributed by atoms with Gasteiger partial charge in [0.05, 0.1) is 0 Å². The van der Waals surface area contributed by atoms with Crippen molar-refractivity contribution in [2.45, 2.75) is 25.2 Å². The molecule has 3 rings (SSSR count). The van der Waals surface area contributed by atoms with E-state index in [4.69, 9.17) is 0 Å². The Kier molecular flexibility index (Phi) is 4.91. The SMILES string of the molecule is CC/C=C(/C)C(=O)N1CCN(S(=O)(=O)c2c[nH]c3ncccc23)CC1. The Hall–Kier alpha value is -2.19. The summed E-state index contributed by atoms with van der Waals surface area (Å²) in [7, 11) is -3.62. The number of nitrogens with one attached hydrogen (secondary N) is 1. The average molecular weight is 362 g/mol. The number of hydrogen-bond donors (Lipinski definition) is 1. The van der Waals surface area contributed by atoms with E-state index in [0.717, 1.165) is 6.42 Å². The maximum absolute atomic E-state index is 12.9. The largest absolute Gasteiger partial charge is 0.345 e. The summed E-state index contributed by atoms with van der Waals surface area (Å²) in [6.07, 6.45) is 5.80. The van der Waals surface area contributed by atoms with E-state index in [1.807, 2.05) is 13.0 Å². The highest BCUT2D eigenvalue weighted by atomic mass is 32.2. The zero-order valence-electron chi connectivity index (χ0n) is 14.4. The molecular weight excluding hydrogens is 340 g/mol. The number of allylic oxidation sites excluding steroid dienone is 1. The first-order chi connectivity index (χ1) is 11.9. The van der Waals surface area contributed by atoms with Crippen LogP contribution in [0.25, 0.3) is 11.0 Å². The lowest BCUT2D eigenvalue weighted by Gasteiger charge is -2.34. The van der Waals surface area contributed by atoms with Gasteiger partial charge in [0, 0.05) is 49.5 Å². The quantitative estimate of drug-likeness (QED) is 0.840. The third-order valence-electron chi connectivity index (χ3n) is 4.40. The van der Waals surface area contributed by atoms with Crippen LogP contribution in [0.15, 0.2) is 41.1 Å². The number of H-pyrrole nitrogens is 1. The van der Waals surface area contributed by atoms with Crippen LogP contribution < -0.4 is 0 Å². The molecule has 0 bridgehead atoms. The lowest BCUT2D eigenvalue weighted by atomic mass is 10.2. The summed E-state index contributed by atoms with van der Waals surface area (Å²) < 4.78 is 27.3. The molecule has 2 aromatic heterocycles. The van der Waals surface area contributed by atoms with Crippen molar-refractivity contribution in [3.8, 4) is 0 Å². The van der Waals surface area contributed by atoms with Gasteiger partial charge < -0.3 is 9.88 Å². The Labute approximate surface area is 147 Å². The van der Waals surface area contributed by atoms with E-state index >= 15 is 0 Å². The van der Waals surface area contributed by atoms with Crippen LogP contribution in [0.4, 0.5) is 0 Å². The third kappa shape index (κ3) is 3.32. The number of hydrogen-bond acceptors (Lipinski definition) is 4.